The minimum absolute atomic E-state index is 0.0877. The van der Waals surface area contributed by atoms with Crippen LogP contribution in [-0.2, 0) is 0 Å². The largest absolute Gasteiger partial charge is 0.387 e. The van der Waals surface area contributed by atoms with E-state index in [0.29, 0.717) is 10.8 Å². The quantitative estimate of drug-likeness (QED) is 0.689. The van der Waals surface area contributed by atoms with Crippen molar-refractivity contribution in [1.29, 1.82) is 0 Å². The van der Waals surface area contributed by atoms with Crippen molar-refractivity contribution in [2.24, 2.45) is 0 Å². The molecule has 3 aromatic rings. The summed E-state index contributed by atoms with van der Waals surface area (Å²) in [5.74, 6) is -0.419. The minimum atomic E-state index is -0.762. The third-order valence-corrected chi connectivity index (χ3v) is 4.08. The van der Waals surface area contributed by atoms with Gasteiger partial charge in [-0.2, -0.15) is 11.3 Å². The van der Waals surface area contributed by atoms with Crippen molar-refractivity contribution < 1.29 is 9.90 Å². The molecule has 0 fully saturated rings. The van der Waals surface area contributed by atoms with Crippen molar-refractivity contribution in [1.82, 2.24) is 10.3 Å². The molecule has 0 saturated heterocycles. The van der Waals surface area contributed by atoms with Crippen LogP contribution in [0.25, 0.3) is 10.8 Å². The van der Waals surface area contributed by atoms with Crippen LogP contribution >= 0.6 is 11.3 Å². The first-order valence-corrected chi connectivity index (χ1v) is 7.70. The number of nitrogens with one attached hydrogen (secondary N) is 2. The summed E-state index contributed by atoms with van der Waals surface area (Å²) < 4.78 is 0. The predicted octanol–water partition coefficient (Wildman–Crippen LogP) is 2.05. The third kappa shape index (κ3) is 2.93. The number of thiophene rings is 1. The second-order valence-electron chi connectivity index (χ2n) is 4.88. The number of carbonyl (C=O) groups excluding carboxylic acids is 1. The number of aromatic nitrogens is 1. The fourth-order valence-corrected chi connectivity index (χ4v) is 2.91. The van der Waals surface area contributed by atoms with Crippen LogP contribution in [0.2, 0.25) is 0 Å². The molecular formula is C16H14N2O3S. The number of carbonyl (C=O) groups is 1. The van der Waals surface area contributed by atoms with Crippen LogP contribution in [0.3, 0.4) is 0 Å². The van der Waals surface area contributed by atoms with E-state index >= 15 is 0 Å². The fraction of sp³-hybridized carbons (Fsp3) is 0.125. The van der Waals surface area contributed by atoms with Gasteiger partial charge in [-0.1, -0.05) is 18.2 Å². The van der Waals surface area contributed by atoms with Crippen LogP contribution in [0, 0.1) is 0 Å². The van der Waals surface area contributed by atoms with Crippen molar-refractivity contribution in [2.75, 3.05) is 6.54 Å². The molecule has 0 radical (unpaired) electrons. The van der Waals surface area contributed by atoms with Crippen molar-refractivity contribution in [3.05, 3.63) is 68.8 Å². The number of aliphatic hydroxyl groups excluding tert-OH is 1. The molecule has 0 aliphatic heterocycles. The zero-order chi connectivity index (χ0) is 15.5. The monoisotopic (exact) mass is 314 g/mol. The Hall–Kier alpha value is -2.44. The normalized spacial score (nSPS) is 12.2. The van der Waals surface area contributed by atoms with Gasteiger partial charge in [0.25, 0.3) is 11.5 Å². The molecule has 3 rings (SSSR count). The molecule has 2 heterocycles. The number of hydrogen-bond donors (Lipinski definition) is 3. The topological polar surface area (TPSA) is 82.2 Å². The summed E-state index contributed by atoms with van der Waals surface area (Å²) in [5.41, 5.74) is 0.639. The zero-order valence-corrected chi connectivity index (χ0v) is 12.4. The number of pyridine rings is 1. The smallest absolute Gasteiger partial charge is 0.267 e. The van der Waals surface area contributed by atoms with Crippen LogP contribution < -0.4 is 10.9 Å². The van der Waals surface area contributed by atoms with Gasteiger partial charge in [0.1, 0.15) is 5.69 Å². The maximum atomic E-state index is 12.1. The Bertz CT molecular complexity index is 855. The lowest BCUT2D eigenvalue weighted by molar-refractivity contribution is 0.0911. The van der Waals surface area contributed by atoms with Crippen molar-refractivity contribution in [3.8, 4) is 0 Å². The molecule has 5 nitrogen and oxygen atoms in total. The van der Waals surface area contributed by atoms with E-state index in [1.165, 1.54) is 11.3 Å². The minimum Gasteiger partial charge on any atom is -0.387 e. The number of H-pyrrole nitrogens is 1. The third-order valence-electron chi connectivity index (χ3n) is 3.38. The van der Waals surface area contributed by atoms with Gasteiger partial charge in [0.05, 0.1) is 6.10 Å². The van der Waals surface area contributed by atoms with Gasteiger partial charge in [-0.3, -0.25) is 9.59 Å². The Morgan fingerprint density at radius 3 is 2.91 bits per heavy atom. The van der Waals surface area contributed by atoms with E-state index in [-0.39, 0.29) is 17.8 Å². The molecule has 112 valence electrons. The van der Waals surface area contributed by atoms with E-state index in [0.717, 1.165) is 5.56 Å². The number of amides is 1. The number of hydrogen-bond acceptors (Lipinski definition) is 4. The van der Waals surface area contributed by atoms with Crippen molar-refractivity contribution >= 4 is 28.0 Å². The van der Waals surface area contributed by atoms with Gasteiger partial charge in [0.15, 0.2) is 0 Å². The van der Waals surface area contributed by atoms with E-state index in [9.17, 15) is 14.7 Å². The lowest BCUT2D eigenvalue weighted by atomic mass is 10.1. The first-order valence-electron chi connectivity index (χ1n) is 6.75. The zero-order valence-electron chi connectivity index (χ0n) is 11.6. The molecule has 6 heteroatoms. The van der Waals surface area contributed by atoms with Crippen LogP contribution in [0.4, 0.5) is 0 Å². The van der Waals surface area contributed by atoms with E-state index < -0.39 is 12.0 Å². The summed E-state index contributed by atoms with van der Waals surface area (Å²) in [7, 11) is 0. The second kappa shape index (κ2) is 6.13. The van der Waals surface area contributed by atoms with Gasteiger partial charge < -0.3 is 15.4 Å². The second-order valence-corrected chi connectivity index (χ2v) is 5.66. The van der Waals surface area contributed by atoms with Crippen LogP contribution in [0.15, 0.2) is 52.0 Å². The van der Waals surface area contributed by atoms with E-state index in [4.69, 9.17) is 0 Å². The molecule has 0 aliphatic rings. The Morgan fingerprint density at radius 1 is 1.32 bits per heavy atom. The molecule has 1 atom stereocenters. The number of aliphatic hydroxyl groups is 1. The van der Waals surface area contributed by atoms with Gasteiger partial charge in [0.2, 0.25) is 0 Å². The standard InChI is InChI=1S/C16H14N2O3S/c19-14(11-5-6-22-9-11)8-17-16(21)13-7-10-3-1-2-4-12(10)15(20)18-13/h1-7,9,14,19H,8H2,(H,17,21)(H,18,20)/t14-/m1/s1. The van der Waals surface area contributed by atoms with E-state index in [2.05, 4.69) is 10.3 Å². The van der Waals surface area contributed by atoms with Gasteiger partial charge in [-0.15, -0.1) is 0 Å². The summed E-state index contributed by atoms with van der Waals surface area (Å²) in [5, 5.41) is 17.5. The van der Waals surface area contributed by atoms with Gasteiger partial charge in [-0.05, 0) is 39.9 Å². The summed E-state index contributed by atoms with van der Waals surface area (Å²) in [6.45, 7) is 0.0877. The Kier molecular flexibility index (Phi) is 4.04. The molecule has 3 N–H and O–H groups in total. The SMILES string of the molecule is O=C(NC[C@@H](O)c1ccsc1)c1cc2ccccc2c(=O)[nH]1. The summed E-state index contributed by atoms with van der Waals surface area (Å²) >= 11 is 1.48. The van der Waals surface area contributed by atoms with Crippen molar-refractivity contribution in [2.45, 2.75) is 6.10 Å². The predicted molar refractivity (Wildman–Crippen MR) is 86.2 cm³/mol. The van der Waals surface area contributed by atoms with Gasteiger partial charge in [-0.25, -0.2) is 0 Å². The summed E-state index contributed by atoms with van der Waals surface area (Å²) in [6.07, 6.45) is -0.762. The van der Waals surface area contributed by atoms with Crippen LogP contribution in [-0.4, -0.2) is 22.5 Å². The summed E-state index contributed by atoms with van der Waals surface area (Å²) in [4.78, 5) is 26.6. The van der Waals surface area contributed by atoms with Crippen LogP contribution in [0.5, 0.6) is 0 Å². The van der Waals surface area contributed by atoms with Crippen molar-refractivity contribution in [3.63, 3.8) is 0 Å². The first-order chi connectivity index (χ1) is 10.6. The molecule has 0 bridgehead atoms. The Balaban J connectivity index is 1.76. The number of rotatable bonds is 4. The molecular weight excluding hydrogens is 300 g/mol. The highest BCUT2D eigenvalue weighted by atomic mass is 32.1. The molecule has 0 aliphatic carbocycles. The molecule has 0 spiro atoms. The fourth-order valence-electron chi connectivity index (χ4n) is 2.20. The van der Waals surface area contributed by atoms with E-state index in [1.807, 2.05) is 16.8 Å². The average Bonchev–Trinajstić information content (AvgIpc) is 3.06. The molecule has 22 heavy (non-hydrogen) atoms. The maximum absolute atomic E-state index is 12.1. The van der Waals surface area contributed by atoms with E-state index in [1.54, 1.807) is 30.3 Å². The van der Waals surface area contributed by atoms with Gasteiger partial charge in [0, 0.05) is 11.9 Å². The lowest BCUT2D eigenvalue weighted by Gasteiger charge is -2.10. The number of aromatic amines is 1. The maximum Gasteiger partial charge on any atom is 0.267 e. The van der Waals surface area contributed by atoms with Crippen LogP contribution in [0.1, 0.15) is 22.2 Å². The average molecular weight is 314 g/mol. The Morgan fingerprint density at radius 2 is 2.14 bits per heavy atom. The summed E-state index contributed by atoms with van der Waals surface area (Å²) in [6, 6.07) is 10.5. The molecule has 2 aromatic heterocycles. The Labute approximate surface area is 130 Å². The highest BCUT2D eigenvalue weighted by Crippen LogP contribution is 2.15. The molecule has 0 saturated carbocycles. The first kappa shape index (κ1) is 14.5. The molecule has 1 amide bonds. The number of benzene rings is 1. The highest BCUT2D eigenvalue weighted by Gasteiger charge is 2.13. The van der Waals surface area contributed by atoms with Gasteiger partial charge >= 0.3 is 0 Å². The number of fused-ring (bicyclic) bond motifs is 1. The molecule has 0 unspecified atom stereocenters. The molecule has 1 aromatic carbocycles. The lowest BCUT2D eigenvalue weighted by Crippen LogP contribution is -2.30. The highest BCUT2D eigenvalue weighted by molar-refractivity contribution is 7.07.